The summed E-state index contributed by atoms with van der Waals surface area (Å²) in [5.41, 5.74) is 7.68. The standard InChI is InChI=1S/C25H28F2N4O2/c1-14-9-15(11-16(28)10-14)18-7-8-29-13-22(18)30-25(33)24-20(26)5-6-23(31(24)2)19-4-3-17(32)12-21(19)27/h3-8,12-16,23,32H,9-11,28H2,1-2H3,(H,30,33)/t14-,15+,16-,23?/m0/s1. The molecule has 1 fully saturated rings. The summed E-state index contributed by atoms with van der Waals surface area (Å²) in [7, 11) is 1.53. The normalized spacial score (nSPS) is 25.3. The second-order valence-corrected chi connectivity index (χ2v) is 9.00. The average Bonchev–Trinajstić information content (AvgIpc) is 2.74. The average molecular weight is 455 g/mol. The summed E-state index contributed by atoms with van der Waals surface area (Å²) in [6, 6.07) is 5.01. The number of allylic oxidation sites excluding steroid dienone is 2. The topological polar surface area (TPSA) is 91.5 Å². The minimum atomic E-state index is -0.718. The van der Waals surface area contributed by atoms with E-state index in [9.17, 15) is 18.7 Å². The van der Waals surface area contributed by atoms with Gasteiger partial charge in [-0.15, -0.1) is 0 Å². The number of carbonyl (C=O) groups is 1. The SMILES string of the molecule is C[C@@H]1C[C@H](N)C[C@H](c2ccncc2NC(=O)C2=C(F)C=CC(c3ccc(O)cc3F)N2C)C1. The highest BCUT2D eigenvalue weighted by Crippen LogP contribution is 2.39. The fourth-order valence-electron chi connectivity index (χ4n) is 4.99. The zero-order valence-corrected chi connectivity index (χ0v) is 18.6. The number of nitrogens with one attached hydrogen (secondary N) is 1. The Morgan fingerprint density at radius 1 is 1.21 bits per heavy atom. The summed E-state index contributed by atoms with van der Waals surface area (Å²) in [6.07, 6.45) is 8.59. The zero-order chi connectivity index (χ0) is 23.7. The highest BCUT2D eigenvalue weighted by Gasteiger charge is 2.31. The summed E-state index contributed by atoms with van der Waals surface area (Å²) in [5.74, 6) is -1.58. The van der Waals surface area contributed by atoms with Crippen LogP contribution in [0.5, 0.6) is 5.75 Å². The number of phenolic OH excluding ortho intramolecular Hbond substituents is 1. The van der Waals surface area contributed by atoms with E-state index in [4.69, 9.17) is 5.73 Å². The smallest absolute Gasteiger partial charge is 0.275 e. The van der Waals surface area contributed by atoms with Crippen molar-refractivity contribution in [2.45, 2.75) is 44.2 Å². The molecule has 33 heavy (non-hydrogen) atoms. The van der Waals surface area contributed by atoms with Crippen LogP contribution < -0.4 is 11.1 Å². The molecule has 2 heterocycles. The third-order valence-electron chi connectivity index (χ3n) is 6.46. The lowest BCUT2D eigenvalue weighted by atomic mass is 9.76. The van der Waals surface area contributed by atoms with E-state index in [1.807, 2.05) is 6.07 Å². The largest absolute Gasteiger partial charge is 0.508 e. The molecule has 8 heteroatoms. The Balaban J connectivity index is 1.59. The van der Waals surface area contributed by atoms with Crippen LogP contribution in [0.4, 0.5) is 14.5 Å². The van der Waals surface area contributed by atoms with Crippen molar-refractivity contribution in [2.24, 2.45) is 11.7 Å². The van der Waals surface area contributed by atoms with Gasteiger partial charge < -0.3 is 21.1 Å². The van der Waals surface area contributed by atoms with E-state index in [-0.39, 0.29) is 29.0 Å². The van der Waals surface area contributed by atoms with Gasteiger partial charge in [0.05, 0.1) is 17.9 Å². The van der Waals surface area contributed by atoms with Crippen molar-refractivity contribution in [2.75, 3.05) is 12.4 Å². The number of aromatic nitrogens is 1. The molecule has 2 aliphatic rings. The van der Waals surface area contributed by atoms with Crippen molar-refractivity contribution in [3.05, 3.63) is 77.3 Å². The van der Waals surface area contributed by atoms with Crippen LogP contribution >= 0.6 is 0 Å². The molecule has 1 aromatic carbocycles. The lowest BCUT2D eigenvalue weighted by molar-refractivity contribution is -0.114. The number of phenols is 1. The van der Waals surface area contributed by atoms with Gasteiger partial charge >= 0.3 is 0 Å². The Bertz CT molecular complexity index is 1110. The molecule has 6 nitrogen and oxygen atoms in total. The number of pyridine rings is 1. The van der Waals surface area contributed by atoms with E-state index in [0.717, 1.165) is 37.0 Å². The van der Waals surface area contributed by atoms with Crippen LogP contribution in [-0.4, -0.2) is 34.0 Å². The highest BCUT2D eigenvalue weighted by molar-refractivity contribution is 6.04. The number of anilines is 1. The predicted molar refractivity (Wildman–Crippen MR) is 122 cm³/mol. The Hall–Kier alpha value is -3.26. The number of hydrogen-bond donors (Lipinski definition) is 3. The highest BCUT2D eigenvalue weighted by atomic mass is 19.1. The van der Waals surface area contributed by atoms with Crippen LogP contribution in [0, 0.1) is 11.7 Å². The fourth-order valence-corrected chi connectivity index (χ4v) is 4.99. The maximum absolute atomic E-state index is 14.8. The molecule has 1 amide bonds. The number of hydrogen-bond acceptors (Lipinski definition) is 5. The molecule has 1 aromatic heterocycles. The minimum Gasteiger partial charge on any atom is -0.508 e. The number of carbonyl (C=O) groups excluding carboxylic acids is 1. The first kappa shape index (κ1) is 22.9. The fraction of sp³-hybridized carbons (Fsp3) is 0.360. The number of halogens is 2. The van der Waals surface area contributed by atoms with E-state index in [2.05, 4.69) is 17.2 Å². The number of rotatable bonds is 4. The second kappa shape index (κ2) is 9.31. The molecule has 0 saturated heterocycles. The summed E-state index contributed by atoms with van der Waals surface area (Å²) in [6.45, 7) is 2.16. The van der Waals surface area contributed by atoms with Crippen molar-refractivity contribution in [1.29, 1.82) is 0 Å². The van der Waals surface area contributed by atoms with Crippen LogP contribution in [-0.2, 0) is 4.79 Å². The van der Waals surface area contributed by atoms with Crippen molar-refractivity contribution in [1.82, 2.24) is 9.88 Å². The van der Waals surface area contributed by atoms with Crippen molar-refractivity contribution in [3.63, 3.8) is 0 Å². The van der Waals surface area contributed by atoms with Crippen molar-refractivity contribution < 1.29 is 18.7 Å². The maximum atomic E-state index is 14.8. The van der Waals surface area contributed by atoms with E-state index in [1.54, 1.807) is 12.4 Å². The molecule has 2 aromatic rings. The van der Waals surface area contributed by atoms with Gasteiger partial charge in [-0.2, -0.15) is 0 Å². The summed E-state index contributed by atoms with van der Waals surface area (Å²) >= 11 is 0. The van der Waals surface area contributed by atoms with Gasteiger partial charge in [0.25, 0.3) is 5.91 Å². The third-order valence-corrected chi connectivity index (χ3v) is 6.46. The number of nitrogens with two attached hydrogens (primary N) is 1. The summed E-state index contributed by atoms with van der Waals surface area (Å²) in [4.78, 5) is 18.7. The van der Waals surface area contributed by atoms with Crippen LogP contribution in [0.15, 0.2) is 60.3 Å². The molecule has 1 aliphatic carbocycles. The molecule has 1 saturated carbocycles. The van der Waals surface area contributed by atoms with Crippen molar-refractivity contribution >= 4 is 11.6 Å². The maximum Gasteiger partial charge on any atom is 0.275 e. The molecular weight excluding hydrogens is 426 g/mol. The third kappa shape index (κ3) is 4.75. The van der Waals surface area contributed by atoms with E-state index < -0.39 is 23.6 Å². The van der Waals surface area contributed by atoms with Gasteiger partial charge in [0, 0.05) is 30.9 Å². The lowest BCUT2D eigenvalue weighted by Gasteiger charge is -2.34. The van der Waals surface area contributed by atoms with Crippen LogP contribution in [0.25, 0.3) is 0 Å². The van der Waals surface area contributed by atoms with Gasteiger partial charge in [0.15, 0.2) is 5.83 Å². The molecule has 1 aliphatic heterocycles. The zero-order valence-electron chi connectivity index (χ0n) is 18.6. The first-order valence-corrected chi connectivity index (χ1v) is 11.0. The van der Waals surface area contributed by atoms with Gasteiger partial charge in [-0.1, -0.05) is 19.1 Å². The molecule has 1 unspecified atom stereocenters. The Kier molecular flexibility index (Phi) is 6.47. The number of likely N-dealkylation sites (N-methyl/N-ethyl adjacent to an activating group) is 1. The van der Waals surface area contributed by atoms with E-state index in [1.165, 1.54) is 30.2 Å². The van der Waals surface area contributed by atoms with Crippen LogP contribution in [0.3, 0.4) is 0 Å². The number of benzene rings is 1. The summed E-state index contributed by atoms with van der Waals surface area (Å²) in [5, 5.41) is 12.3. The Morgan fingerprint density at radius 2 is 2.00 bits per heavy atom. The quantitative estimate of drug-likeness (QED) is 0.632. The molecule has 0 bridgehead atoms. The van der Waals surface area contributed by atoms with Gasteiger partial charge in [-0.25, -0.2) is 8.78 Å². The first-order valence-electron chi connectivity index (χ1n) is 11.0. The molecule has 174 valence electrons. The molecule has 0 radical (unpaired) electrons. The predicted octanol–water partition coefficient (Wildman–Crippen LogP) is 4.52. The van der Waals surface area contributed by atoms with Crippen molar-refractivity contribution in [3.8, 4) is 5.75 Å². The van der Waals surface area contributed by atoms with Gasteiger partial charge in [-0.3, -0.25) is 9.78 Å². The van der Waals surface area contributed by atoms with Crippen LogP contribution in [0.2, 0.25) is 0 Å². The first-order chi connectivity index (χ1) is 15.7. The monoisotopic (exact) mass is 454 g/mol. The number of aromatic hydroxyl groups is 1. The Morgan fingerprint density at radius 3 is 2.73 bits per heavy atom. The molecule has 4 N–H and O–H groups in total. The lowest BCUT2D eigenvalue weighted by Crippen LogP contribution is -2.34. The number of nitrogens with zero attached hydrogens (tertiary/aromatic N) is 2. The van der Waals surface area contributed by atoms with Crippen LogP contribution in [0.1, 0.15) is 49.3 Å². The molecular formula is C25H28F2N4O2. The summed E-state index contributed by atoms with van der Waals surface area (Å²) < 4.78 is 29.2. The molecule has 4 rings (SSSR count). The number of amides is 1. The molecule has 0 spiro atoms. The van der Waals surface area contributed by atoms with E-state index >= 15 is 0 Å². The Labute approximate surface area is 191 Å². The molecule has 4 atom stereocenters. The van der Waals surface area contributed by atoms with Gasteiger partial charge in [0.2, 0.25) is 0 Å². The second-order valence-electron chi connectivity index (χ2n) is 9.00. The van der Waals surface area contributed by atoms with E-state index in [0.29, 0.717) is 11.6 Å². The minimum absolute atomic E-state index is 0.0891. The van der Waals surface area contributed by atoms with Gasteiger partial charge in [0.1, 0.15) is 17.3 Å². The van der Waals surface area contributed by atoms with Gasteiger partial charge in [-0.05, 0) is 54.9 Å².